The van der Waals surface area contributed by atoms with E-state index in [1.165, 1.54) is 6.92 Å². The fourth-order valence-corrected chi connectivity index (χ4v) is 1.86. The number of nitrogens with one attached hydrogen (secondary N) is 1. The Balaban J connectivity index is 2.41. The van der Waals surface area contributed by atoms with Gasteiger partial charge >= 0.3 is 0 Å². The van der Waals surface area contributed by atoms with Crippen LogP contribution in [0.1, 0.15) is 18.6 Å². The van der Waals surface area contributed by atoms with Crippen LogP contribution in [-0.2, 0) is 16.4 Å². The van der Waals surface area contributed by atoms with Crippen molar-refractivity contribution in [2.24, 2.45) is 0 Å². The Morgan fingerprint density at radius 3 is 2.75 bits per heavy atom. The van der Waals surface area contributed by atoms with Crippen LogP contribution in [0.15, 0.2) is 4.52 Å². The minimum atomic E-state index is -3.46. The van der Waals surface area contributed by atoms with Crippen molar-refractivity contribution in [3.63, 3.8) is 0 Å². The lowest BCUT2D eigenvalue weighted by molar-refractivity contribution is 0.295. The monoisotopic (exact) mass is 249 g/mol. The molecule has 0 amide bonds. The molecule has 0 aliphatic heterocycles. The second-order valence-corrected chi connectivity index (χ2v) is 5.60. The van der Waals surface area contributed by atoms with Crippen molar-refractivity contribution in [1.29, 1.82) is 0 Å². The zero-order valence-electron chi connectivity index (χ0n) is 9.17. The molecule has 0 aliphatic rings. The summed E-state index contributed by atoms with van der Waals surface area (Å²) >= 11 is 0. The van der Waals surface area contributed by atoms with E-state index < -0.39 is 21.9 Å². The van der Waals surface area contributed by atoms with Gasteiger partial charge in [0.15, 0.2) is 5.82 Å². The third-order valence-electron chi connectivity index (χ3n) is 2.01. The Labute approximate surface area is 93.9 Å². The molecule has 0 radical (unpaired) electrons. The van der Waals surface area contributed by atoms with Gasteiger partial charge < -0.3 is 9.63 Å². The third-order valence-corrected chi connectivity index (χ3v) is 3.82. The number of aromatic nitrogens is 2. The second-order valence-electron chi connectivity index (χ2n) is 3.41. The first-order chi connectivity index (χ1) is 7.45. The lowest BCUT2D eigenvalue weighted by Gasteiger charge is -2.10. The van der Waals surface area contributed by atoms with Crippen molar-refractivity contribution in [2.45, 2.75) is 25.5 Å². The van der Waals surface area contributed by atoms with Crippen LogP contribution in [0.25, 0.3) is 0 Å². The minimum absolute atomic E-state index is 0.186. The van der Waals surface area contributed by atoms with Crippen LogP contribution in [0.4, 0.5) is 0 Å². The summed E-state index contributed by atoms with van der Waals surface area (Å²) < 4.78 is 29.9. The molecule has 1 heterocycles. The Hall–Kier alpha value is -0.990. The number of sulfonamides is 1. The summed E-state index contributed by atoms with van der Waals surface area (Å²) in [6, 6.07) is 0. The molecule has 8 heteroatoms. The summed E-state index contributed by atoms with van der Waals surface area (Å²) in [5.74, 6) is 0.901. The van der Waals surface area contributed by atoms with E-state index in [1.807, 2.05) is 0 Å². The molecular formula is C8H15N3O4S. The second kappa shape index (κ2) is 5.37. The molecule has 1 atom stereocenters. The normalized spacial score (nSPS) is 13.9. The van der Waals surface area contributed by atoms with Crippen LogP contribution < -0.4 is 4.72 Å². The Kier molecular flexibility index (Phi) is 4.39. The number of hydrogen-bond acceptors (Lipinski definition) is 6. The summed E-state index contributed by atoms with van der Waals surface area (Å²) in [5.41, 5.74) is 0. The number of hydrogen-bond donors (Lipinski definition) is 2. The topological polar surface area (TPSA) is 105 Å². The molecule has 0 spiro atoms. The molecule has 1 aromatic rings. The van der Waals surface area contributed by atoms with Crippen LogP contribution in [0.2, 0.25) is 0 Å². The van der Waals surface area contributed by atoms with E-state index in [1.54, 1.807) is 6.92 Å². The number of aryl methyl sites for hydroxylation is 1. The highest BCUT2D eigenvalue weighted by molar-refractivity contribution is 7.90. The van der Waals surface area contributed by atoms with Crippen molar-refractivity contribution < 1.29 is 18.0 Å². The van der Waals surface area contributed by atoms with Gasteiger partial charge in [0.2, 0.25) is 15.9 Å². The summed E-state index contributed by atoms with van der Waals surface area (Å²) in [5, 5.41) is 11.5. The smallest absolute Gasteiger partial charge is 0.223 e. The SMILES string of the molecule is Cc1nc(CCNS(=O)(=O)C(C)CO)no1. The number of aliphatic hydroxyl groups is 1. The predicted octanol–water partition coefficient (Wildman–Crippen LogP) is -0.779. The maximum Gasteiger partial charge on any atom is 0.223 e. The van der Waals surface area contributed by atoms with Crippen molar-refractivity contribution in [1.82, 2.24) is 14.9 Å². The maximum atomic E-state index is 11.4. The molecule has 92 valence electrons. The quantitative estimate of drug-likeness (QED) is 0.685. The van der Waals surface area contributed by atoms with Gasteiger partial charge in [-0.15, -0.1) is 0 Å². The fourth-order valence-electron chi connectivity index (χ4n) is 0.988. The van der Waals surface area contributed by atoms with Gasteiger partial charge in [-0.2, -0.15) is 4.98 Å². The average molecular weight is 249 g/mol. The van der Waals surface area contributed by atoms with Crippen molar-refractivity contribution in [3.8, 4) is 0 Å². The first-order valence-corrected chi connectivity index (χ1v) is 6.39. The number of nitrogens with zero attached hydrogens (tertiary/aromatic N) is 2. The van der Waals surface area contributed by atoms with Gasteiger partial charge in [-0.25, -0.2) is 13.1 Å². The first kappa shape index (κ1) is 13.1. The van der Waals surface area contributed by atoms with Crippen LogP contribution in [0.5, 0.6) is 0 Å². The van der Waals surface area contributed by atoms with Crippen LogP contribution in [0.3, 0.4) is 0 Å². The summed E-state index contributed by atoms with van der Waals surface area (Å²) in [4.78, 5) is 3.93. The van der Waals surface area contributed by atoms with Gasteiger partial charge in [0.25, 0.3) is 0 Å². The lowest BCUT2D eigenvalue weighted by atomic mass is 10.4. The number of rotatable bonds is 6. The van der Waals surface area contributed by atoms with E-state index in [0.717, 1.165) is 0 Å². The molecule has 0 aromatic carbocycles. The van der Waals surface area contributed by atoms with E-state index in [9.17, 15) is 8.42 Å². The minimum Gasteiger partial charge on any atom is -0.395 e. The van der Waals surface area contributed by atoms with E-state index >= 15 is 0 Å². The third kappa shape index (κ3) is 3.54. The molecule has 1 aromatic heterocycles. The lowest BCUT2D eigenvalue weighted by Crippen LogP contribution is -2.35. The van der Waals surface area contributed by atoms with Gasteiger partial charge in [0.05, 0.1) is 11.9 Å². The average Bonchev–Trinajstić information content (AvgIpc) is 2.62. The zero-order chi connectivity index (χ0) is 12.2. The van der Waals surface area contributed by atoms with Gasteiger partial charge in [-0.05, 0) is 6.92 Å². The molecule has 1 rings (SSSR count). The largest absolute Gasteiger partial charge is 0.395 e. The number of aliphatic hydroxyl groups excluding tert-OH is 1. The van der Waals surface area contributed by atoms with Gasteiger partial charge in [0.1, 0.15) is 0 Å². The fraction of sp³-hybridized carbons (Fsp3) is 0.750. The van der Waals surface area contributed by atoms with Crippen molar-refractivity contribution in [2.75, 3.05) is 13.2 Å². The van der Waals surface area contributed by atoms with Crippen molar-refractivity contribution >= 4 is 10.0 Å². The Morgan fingerprint density at radius 1 is 1.56 bits per heavy atom. The van der Waals surface area contributed by atoms with Crippen LogP contribution in [0, 0.1) is 6.92 Å². The summed E-state index contributed by atoms with van der Waals surface area (Å²) in [6.45, 7) is 2.87. The van der Waals surface area contributed by atoms with E-state index in [0.29, 0.717) is 18.1 Å². The van der Waals surface area contributed by atoms with Gasteiger partial charge in [-0.1, -0.05) is 5.16 Å². The zero-order valence-corrected chi connectivity index (χ0v) is 9.99. The van der Waals surface area contributed by atoms with E-state index in [2.05, 4.69) is 14.9 Å². The van der Waals surface area contributed by atoms with E-state index in [4.69, 9.17) is 9.63 Å². The van der Waals surface area contributed by atoms with Gasteiger partial charge in [-0.3, -0.25) is 0 Å². The highest BCUT2D eigenvalue weighted by atomic mass is 32.2. The molecule has 2 N–H and O–H groups in total. The first-order valence-electron chi connectivity index (χ1n) is 4.84. The highest BCUT2D eigenvalue weighted by Gasteiger charge is 2.18. The molecule has 1 unspecified atom stereocenters. The van der Waals surface area contributed by atoms with Gasteiger partial charge in [0, 0.05) is 19.9 Å². The molecular weight excluding hydrogens is 234 g/mol. The molecule has 0 fully saturated rings. The molecule has 0 aliphatic carbocycles. The highest BCUT2D eigenvalue weighted by Crippen LogP contribution is 1.98. The predicted molar refractivity (Wildman–Crippen MR) is 56.2 cm³/mol. The van der Waals surface area contributed by atoms with E-state index in [-0.39, 0.29) is 6.54 Å². The van der Waals surface area contributed by atoms with Crippen molar-refractivity contribution in [3.05, 3.63) is 11.7 Å². The Bertz CT molecular complexity index is 428. The molecule has 7 nitrogen and oxygen atoms in total. The molecule has 0 saturated carbocycles. The summed E-state index contributed by atoms with van der Waals surface area (Å²) in [6.07, 6.45) is 0.356. The molecule has 0 bridgehead atoms. The molecule has 0 saturated heterocycles. The summed E-state index contributed by atoms with van der Waals surface area (Å²) in [7, 11) is -3.46. The standard InChI is InChI=1S/C8H15N3O4S/c1-6(5-12)16(13,14)9-4-3-8-10-7(2)15-11-8/h6,9,12H,3-5H2,1-2H3. The van der Waals surface area contributed by atoms with Crippen LogP contribution >= 0.6 is 0 Å². The van der Waals surface area contributed by atoms with Crippen LogP contribution in [-0.4, -0.2) is 42.1 Å². The Morgan fingerprint density at radius 2 is 2.25 bits per heavy atom. The maximum absolute atomic E-state index is 11.4. The molecule has 16 heavy (non-hydrogen) atoms.